The molecule has 0 bridgehead atoms. The topological polar surface area (TPSA) is 79.3 Å². The molecule has 1 aliphatic heterocycles. The molecule has 0 radical (unpaired) electrons. The highest BCUT2D eigenvalue weighted by Gasteiger charge is 2.35. The lowest BCUT2D eigenvalue weighted by Gasteiger charge is -2.15. The number of aromatic nitrogens is 1. The highest BCUT2D eigenvalue weighted by molar-refractivity contribution is 7.91. The van der Waals surface area contributed by atoms with Gasteiger partial charge in [0.05, 0.1) is 23.3 Å². The number of hydrogen-bond donors (Lipinski definition) is 2. The molecule has 1 fully saturated rings. The van der Waals surface area contributed by atoms with E-state index in [-0.39, 0.29) is 17.5 Å². The van der Waals surface area contributed by atoms with Gasteiger partial charge in [-0.2, -0.15) is 0 Å². The van der Waals surface area contributed by atoms with Gasteiger partial charge in [-0.15, -0.1) is 0 Å². The van der Waals surface area contributed by atoms with Crippen LogP contribution in [0.2, 0.25) is 0 Å². The number of nitrogens with zero attached hydrogens (tertiary/aromatic N) is 1. The largest absolute Gasteiger partial charge is 0.390 e. The zero-order valence-electron chi connectivity index (χ0n) is 9.63. The van der Waals surface area contributed by atoms with Gasteiger partial charge in [0.2, 0.25) is 0 Å². The third-order valence-corrected chi connectivity index (χ3v) is 4.69. The molecule has 0 amide bonds. The summed E-state index contributed by atoms with van der Waals surface area (Å²) in [4.78, 5) is 4.21. The third-order valence-electron chi connectivity index (χ3n) is 2.97. The monoisotopic (exact) mass is 256 g/mol. The van der Waals surface area contributed by atoms with Crippen LogP contribution in [0.5, 0.6) is 0 Å². The summed E-state index contributed by atoms with van der Waals surface area (Å²) < 4.78 is 22.6. The van der Waals surface area contributed by atoms with Gasteiger partial charge in [0, 0.05) is 18.8 Å². The van der Waals surface area contributed by atoms with Gasteiger partial charge in [-0.05, 0) is 18.6 Å². The Balaban J connectivity index is 1.98. The lowest BCUT2D eigenvalue weighted by atomic mass is 10.2. The van der Waals surface area contributed by atoms with Crippen molar-refractivity contribution in [3.8, 4) is 0 Å². The smallest absolute Gasteiger partial charge is 0.154 e. The number of rotatable bonds is 3. The van der Waals surface area contributed by atoms with E-state index in [0.29, 0.717) is 6.54 Å². The van der Waals surface area contributed by atoms with Crippen molar-refractivity contribution in [1.29, 1.82) is 0 Å². The maximum Gasteiger partial charge on any atom is 0.154 e. The SMILES string of the molecule is Cc1cccnc1CNC1CS(=O)(=O)CC1O. The molecule has 1 aromatic heterocycles. The molecule has 2 N–H and O–H groups in total. The van der Waals surface area contributed by atoms with Crippen LogP contribution in [-0.2, 0) is 16.4 Å². The van der Waals surface area contributed by atoms with Crippen LogP contribution in [0.25, 0.3) is 0 Å². The van der Waals surface area contributed by atoms with E-state index in [9.17, 15) is 13.5 Å². The molecule has 1 aliphatic rings. The quantitative estimate of drug-likeness (QED) is 0.772. The number of aryl methyl sites for hydroxylation is 1. The second-order valence-corrected chi connectivity index (χ2v) is 6.55. The molecule has 5 nitrogen and oxygen atoms in total. The van der Waals surface area contributed by atoms with Gasteiger partial charge in [-0.3, -0.25) is 4.98 Å². The van der Waals surface area contributed by atoms with Crippen molar-refractivity contribution in [2.24, 2.45) is 0 Å². The predicted molar refractivity (Wildman–Crippen MR) is 64.3 cm³/mol. The molecule has 2 heterocycles. The number of aliphatic hydroxyl groups is 1. The molecule has 2 rings (SSSR count). The first-order valence-electron chi connectivity index (χ1n) is 5.50. The van der Waals surface area contributed by atoms with Crippen LogP contribution in [0.3, 0.4) is 0 Å². The zero-order valence-corrected chi connectivity index (χ0v) is 10.4. The molecule has 0 aromatic carbocycles. The van der Waals surface area contributed by atoms with Gasteiger partial charge in [0.15, 0.2) is 9.84 Å². The van der Waals surface area contributed by atoms with E-state index in [2.05, 4.69) is 10.3 Å². The third kappa shape index (κ3) is 3.02. The van der Waals surface area contributed by atoms with Crippen LogP contribution < -0.4 is 5.32 Å². The van der Waals surface area contributed by atoms with E-state index in [1.54, 1.807) is 6.20 Å². The van der Waals surface area contributed by atoms with Crippen molar-refractivity contribution in [3.63, 3.8) is 0 Å². The number of pyridine rings is 1. The average Bonchev–Trinajstić information content (AvgIpc) is 2.51. The average molecular weight is 256 g/mol. The minimum atomic E-state index is -3.09. The number of aliphatic hydroxyl groups excluding tert-OH is 1. The first-order chi connectivity index (χ1) is 7.98. The molecular weight excluding hydrogens is 240 g/mol. The second-order valence-electron chi connectivity index (χ2n) is 4.40. The van der Waals surface area contributed by atoms with Gasteiger partial charge < -0.3 is 10.4 Å². The summed E-state index contributed by atoms with van der Waals surface area (Å²) in [5.74, 6) is -0.147. The summed E-state index contributed by atoms with van der Waals surface area (Å²) in [7, 11) is -3.09. The molecule has 1 saturated heterocycles. The van der Waals surface area contributed by atoms with Crippen molar-refractivity contribution in [1.82, 2.24) is 10.3 Å². The molecule has 2 atom stereocenters. The van der Waals surface area contributed by atoms with E-state index >= 15 is 0 Å². The number of hydrogen-bond acceptors (Lipinski definition) is 5. The summed E-state index contributed by atoms with van der Waals surface area (Å²) in [5.41, 5.74) is 1.93. The van der Waals surface area contributed by atoms with Crippen molar-refractivity contribution in [2.45, 2.75) is 25.6 Å². The highest BCUT2D eigenvalue weighted by atomic mass is 32.2. The Morgan fingerprint density at radius 3 is 2.88 bits per heavy atom. The van der Waals surface area contributed by atoms with Crippen LogP contribution in [-0.4, -0.2) is 42.2 Å². The molecule has 17 heavy (non-hydrogen) atoms. The first-order valence-corrected chi connectivity index (χ1v) is 7.32. The first kappa shape index (κ1) is 12.5. The summed E-state index contributed by atoms with van der Waals surface area (Å²) >= 11 is 0. The van der Waals surface area contributed by atoms with Crippen molar-refractivity contribution < 1.29 is 13.5 Å². The zero-order chi connectivity index (χ0) is 12.5. The van der Waals surface area contributed by atoms with Gasteiger partial charge in [0.25, 0.3) is 0 Å². The van der Waals surface area contributed by atoms with E-state index in [1.165, 1.54) is 0 Å². The standard InChI is InChI=1S/C11H16N2O3S/c1-8-3-2-4-12-9(8)5-13-10-6-17(15,16)7-11(10)14/h2-4,10-11,13-14H,5-7H2,1H3. The number of sulfone groups is 1. The van der Waals surface area contributed by atoms with Gasteiger partial charge in [-0.25, -0.2) is 8.42 Å². The molecule has 0 aliphatic carbocycles. The normalized spacial score (nSPS) is 27.2. The molecule has 1 aromatic rings. The van der Waals surface area contributed by atoms with Gasteiger partial charge in [-0.1, -0.05) is 6.07 Å². The Bertz CT molecular complexity index is 501. The summed E-state index contributed by atoms with van der Waals surface area (Å²) in [6, 6.07) is 3.42. The van der Waals surface area contributed by atoms with Crippen molar-refractivity contribution in [2.75, 3.05) is 11.5 Å². The van der Waals surface area contributed by atoms with E-state index in [0.717, 1.165) is 11.3 Å². The Hall–Kier alpha value is -0.980. The lowest BCUT2D eigenvalue weighted by molar-refractivity contribution is 0.165. The fourth-order valence-corrected chi connectivity index (χ4v) is 3.73. The Kier molecular flexibility index (Phi) is 3.46. The predicted octanol–water partition coefficient (Wildman–Crippen LogP) is -0.362. The summed E-state index contributed by atoms with van der Waals surface area (Å²) in [6.45, 7) is 2.43. The van der Waals surface area contributed by atoms with Crippen molar-refractivity contribution in [3.05, 3.63) is 29.6 Å². The van der Waals surface area contributed by atoms with Crippen LogP contribution in [0.1, 0.15) is 11.3 Å². The Morgan fingerprint density at radius 1 is 1.53 bits per heavy atom. The van der Waals surface area contributed by atoms with Gasteiger partial charge >= 0.3 is 0 Å². The Labute approximate surface area is 101 Å². The van der Waals surface area contributed by atoms with Crippen molar-refractivity contribution >= 4 is 9.84 Å². The van der Waals surface area contributed by atoms with E-state index in [4.69, 9.17) is 0 Å². The highest BCUT2D eigenvalue weighted by Crippen LogP contribution is 2.13. The molecule has 0 spiro atoms. The van der Waals surface area contributed by atoms with Crippen LogP contribution >= 0.6 is 0 Å². The molecule has 94 valence electrons. The summed E-state index contributed by atoms with van der Waals surface area (Å²) in [6.07, 6.45) is 0.885. The fourth-order valence-electron chi connectivity index (χ4n) is 1.96. The maximum absolute atomic E-state index is 11.3. The maximum atomic E-state index is 11.3. The van der Waals surface area contributed by atoms with Crippen LogP contribution in [0, 0.1) is 6.92 Å². The number of nitrogens with one attached hydrogen (secondary N) is 1. The van der Waals surface area contributed by atoms with Crippen LogP contribution in [0.4, 0.5) is 0 Å². The molecule has 0 saturated carbocycles. The van der Waals surface area contributed by atoms with E-state index in [1.807, 2.05) is 19.1 Å². The fraction of sp³-hybridized carbons (Fsp3) is 0.545. The van der Waals surface area contributed by atoms with E-state index < -0.39 is 15.9 Å². The Morgan fingerprint density at radius 2 is 2.29 bits per heavy atom. The minimum absolute atomic E-state index is 0.0000475. The molecule has 6 heteroatoms. The minimum Gasteiger partial charge on any atom is -0.390 e. The molecule has 2 unspecified atom stereocenters. The van der Waals surface area contributed by atoms with Crippen LogP contribution in [0.15, 0.2) is 18.3 Å². The van der Waals surface area contributed by atoms with Gasteiger partial charge in [0.1, 0.15) is 0 Å². The molecular formula is C11H16N2O3S. The lowest BCUT2D eigenvalue weighted by Crippen LogP contribution is -2.38. The summed E-state index contributed by atoms with van der Waals surface area (Å²) in [5, 5.41) is 12.7. The second kappa shape index (κ2) is 4.72.